The molecule has 0 saturated heterocycles. The summed E-state index contributed by atoms with van der Waals surface area (Å²) in [7, 11) is 1.85. The monoisotopic (exact) mass is 442 g/mol. The zero-order chi connectivity index (χ0) is 22.3. The Morgan fingerprint density at radius 2 is 1.50 bits per heavy atom. The van der Waals surface area contributed by atoms with Crippen LogP contribution in [0.4, 0.5) is 0 Å². The van der Waals surface area contributed by atoms with Crippen molar-refractivity contribution in [2.45, 2.75) is 24.5 Å². The van der Waals surface area contributed by atoms with Crippen molar-refractivity contribution in [2.24, 2.45) is 0 Å². The van der Waals surface area contributed by atoms with E-state index in [9.17, 15) is 4.79 Å². The highest BCUT2D eigenvalue weighted by Crippen LogP contribution is 2.25. The number of carbonyl (C=O) groups is 1. The minimum absolute atomic E-state index is 0.00457. The molecule has 0 N–H and O–H groups in total. The second-order valence-corrected chi connectivity index (χ2v) is 8.55. The molecule has 1 amide bonds. The fraction of sp³-hybridized carbons (Fsp3) is 0.192. The largest absolute Gasteiger partial charge is 0.338 e. The van der Waals surface area contributed by atoms with Gasteiger partial charge in [-0.15, -0.1) is 10.2 Å². The van der Waals surface area contributed by atoms with Crippen LogP contribution in [0.1, 0.15) is 29.9 Å². The van der Waals surface area contributed by atoms with E-state index in [1.54, 1.807) is 4.90 Å². The third kappa shape index (κ3) is 5.08. The number of para-hydroxylation sites is 1. The van der Waals surface area contributed by atoms with Gasteiger partial charge in [0.05, 0.1) is 11.8 Å². The van der Waals surface area contributed by atoms with Gasteiger partial charge in [0.1, 0.15) is 5.82 Å². The van der Waals surface area contributed by atoms with Gasteiger partial charge in [-0.1, -0.05) is 90.6 Å². The summed E-state index contributed by atoms with van der Waals surface area (Å²) in [5.74, 6) is 1.20. The zero-order valence-corrected chi connectivity index (χ0v) is 19.1. The van der Waals surface area contributed by atoms with Crippen LogP contribution in [0.5, 0.6) is 0 Å². The predicted octanol–water partition coefficient (Wildman–Crippen LogP) is 5.17. The van der Waals surface area contributed by atoms with Crippen molar-refractivity contribution in [3.63, 3.8) is 0 Å². The molecule has 32 heavy (non-hydrogen) atoms. The van der Waals surface area contributed by atoms with Gasteiger partial charge in [-0.05, 0) is 30.2 Å². The minimum atomic E-state index is 0.00457. The van der Waals surface area contributed by atoms with Gasteiger partial charge in [-0.25, -0.2) is 0 Å². The lowest BCUT2D eigenvalue weighted by atomic mass is 10.1. The number of hydrogen-bond acceptors (Lipinski definition) is 4. The Morgan fingerprint density at radius 1 is 0.906 bits per heavy atom. The van der Waals surface area contributed by atoms with E-state index in [-0.39, 0.29) is 11.9 Å². The first-order valence-corrected chi connectivity index (χ1v) is 11.6. The molecule has 1 aromatic heterocycles. The average Bonchev–Trinajstić information content (AvgIpc) is 3.25. The van der Waals surface area contributed by atoms with Gasteiger partial charge < -0.3 is 4.90 Å². The zero-order valence-electron chi connectivity index (χ0n) is 18.3. The van der Waals surface area contributed by atoms with Crippen molar-refractivity contribution in [3.8, 4) is 5.69 Å². The summed E-state index contributed by atoms with van der Waals surface area (Å²) in [4.78, 5) is 14.7. The Hall–Kier alpha value is -3.38. The molecule has 3 aromatic carbocycles. The molecule has 1 unspecified atom stereocenters. The van der Waals surface area contributed by atoms with E-state index in [4.69, 9.17) is 0 Å². The maximum Gasteiger partial charge on any atom is 0.233 e. The van der Waals surface area contributed by atoms with Crippen LogP contribution in [0, 0.1) is 0 Å². The first kappa shape index (κ1) is 21.8. The lowest BCUT2D eigenvalue weighted by Gasteiger charge is -2.25. The molecule has 0 spiro atoms. The number of hydrogen-bond donors (Lipinski definition) is 0. The van der Waals surface area contributed by atoms with Gasteiger partial charge in [0.2, 0.25) is 5.91 Å². The van der Waals surface area contributed by atoms with Crippen LogP contribution in [-0.4, -0.2) is 38.4 Å². The molecule has 0 aliphatic rings. The van der Waals surface area contributed by atoms with E-state index in [0.717, 1.165) is 22.2 Å². The number of rotatable bonds is 8. The van der Waals surface area contributed by atoms with Crippen LogP contribution in [0.25, 0.3) is 5.69 Å². The van der Waals surface area contributed by atoms with Crippen molar-refractivity contribution < 1.29 is 4.79 Å². The lowest BCUT2D eigenvalue weighted by molar-refractivity contribution is -0.128. The van der Waals surface area contributed by atoms with Crippen LogP contribution in [0.15, 0.2) is 96.2 Å². The van der Waals surface area contributed by atoms with Gasteiger partial charge in [0.15, 0.2) is 5.16 Å². The van der Waals surface area contributed by atoms with Crippen molar-refractivity contribution in [3.05, 3.63) is 108 Å². The van der Waals surface area contributed by atoms with Crippen molar-refractivity contribution in [1.82, 2.24) is 19.7 Å². The summed E-state index contributed by atoms with van der Waals surface area (Å²) >= 11 is 1.42. The van der Waals surface area contributed by atoms with E-state index in [0.29, 0.717) is 12.2 Å². The van der Waals surface area contributed by atoms with Crippen molar-refractivity contribution in [1.29, 1.82) is 0 Å². The van der Waals surface area contributed by atoms with E-state index in [2.05, 4.69) is 22.3 Å². The summed E-state index contributed by atoms with van der Waals surface area (Å²) in [6, 6.07) is 30.3. The summed E-state index contributed by atoms with van der Waals surface area (Å²) in [5, 5.41) is 9.61. The highest BCUT2D eigenvalue weighted by Gasteiger charge is 2.20. The standard InChI is InChI=1S/C26H26N4OS/c1-20(22-14-8-4-9-15-22)29(2)25(31)19-32-26-28-27-24(18-21-12-6-3-7-13-21)30(26)23-16-10-5-11-17-23/h3-17,20H,18-19H2,1-2H3. The Balaban J connectivity index is 1.52. The summed E-state index contributed by atoms with van der Waals surface area (Å²) in [5.41, 5.74) is 3.27. The first-order chi connectivity index (χ1) is 15.6. The molecule has 0 aliphatic heterocycles. The molecule has 1 atom stereocenters. The van der Waals surface area contributed by atoms with Gasteiger partial charge in [0, 0.05) is 19.2 Å². The normalized spacial score (nSPS) is 11.8. The molecule has 1 heterocycles. The average molecular weight is 443 g/mol. The molecule has 0 saturated carbocycles. The fourth-order valence-corrected chi connectivity index (χ4v) is 4.42. The smallest absolute Gasteiger partial charge is 0.233 e. The topological polar surface area (TPSA) is 51.0 Å². The van der Waals surface area contributed by atoms with Gasteiger partial charge in [-0.2, -0.15) is 0 Å². The first-order valence-electron chi connectivity index (χ1n) is 10.6. The van der Waals surface area contributed by atoms with Crippen LogP contribution in [-0.2, 0) is 11.2 Å². The number of amides is 1. The molecular weight excluding hydrogens is 416 g/mol. The molecule has 0 bridgehead atoms. The summed E-state index contributed by atoms with van der Waals surface area (Å²) in [6.45, 7) is 2.04. The fourth-order valence-electron chi connectivity index (χ4n) is 3.52. The predicted molar refractivity (Wildman–Crippen MR) is 129 cm³/mol. The Labute approximate surface area is 193 Å². The molecule has 4 rings (SSSR count). The van der Waals surface area contributed by atoms with Crippen LogP contribution in [0.3, 0.4) is 0 Å². The molecule has 0 radical (unpaired) electrons. The van der Waals surface area contributed by atoms with E-state index in [1.165, 1.54) is 17.3 Å². The van der Waals surface area contributed by atoms with Gasteiger partial charge in [0.25, 0.3) is 0 Å². The summed E-state index contributed by atoms with van der Waals surface area (Å²) in [6.07, 6.45) is 0.669. The maximum atomic E-state index is 12.9. The van der Waals surface area contributed by atoms with Crippen LogP contribution < -0.4 is 0 Å². The van der Waals surface area contributed by atoms with E-state index in [1.807, 2.05) is 97.4 Å². The van der Waals surface area contributed by atoms with Gasteiger partial charge >= 0.3 is 0 Å². The Kier molecular flexibility index (Phi) is 7.02. The molecule has 5 nitrogen and oxygen atoms in total. The highest BCUT2D eigenvalue weighted by molar-refractivity contribution is 7.99. The SMILES string of the molecule is CC(c1ccccc1)N(C)C(=O)CSc1nnc(Cc2ccccc2)n1-c1ccccc1. The molecule has 6 heteroatoms. The Bertz CT molecular complexity index is 1150. The number of benzene rings is 3. The van der Waals surface area contributed by atoms with Crippen LogP contribution in [0.2, 0.25) is 0 Å². The van der Waals surface area contributed by atoms with E-state index >= 15 is 0 Å². The van der Waals surface area contributed by atoms with Gasteiger partial charge in [-0.3, -0.25) is 9.36 Å². The highest BCUT2D eigenvalue weighted by atomic mass is 32.2. The second kappa shape index (κ2) is 10.3. The maximum absolute atomic E-state index is 12.9. The molecular formula is C26H26N4OS. The van der Waals surface area contributed by atoms with Crippen molar-refractivity contribution >= 4 is 17.7 Å². The minimum Gasteiger partial charge on any atom is -0.338 e. The third-order valence-electron chi connectivity index (χ3n) is 5.50. The molecule has 0 fully saturated rings. The molecule has 4 aromatic rings. The molecule has 162 valence electrons. The second-order valence-electron chi connectivity index (χ2n) is 7.61. The summed E-state index contributed by atoms with van der Waals surface area (Å²) < 4.78 is 2.05. The van der Waals surface area contributed by atoms with E-state index < -0.39 is 0 Å². The number of nitrogens with zero attached hydrogens (tertiary/aromatic N) is 4. The number of aromatic nitrogens is 3. The van der Waals surface area contributed by atoms with Crippen LogP contribution >= 0.6 is 11.8 Å². The quantitative estimate of drug-likeness (QED) is 0.353. The number of carbonyl (C=O) groups excluding carboxylic acids is 1. The molecule has 0 aliphatic carbocycles. The number of thioether (sulfide) groups is 1. The lowest BCUT2D eigenvalue weighted by Crippen LogP contribution is -2.31. The Morgan fingerprint density at radius 3 is 2.16 bits per heavy atom. The van der Waals surface area contributed by atoms with Crippen molar-refractivity contribution in [2.75, 3.05) is 12.8 Å². The third-order valence-corrected chi connectivity index (χ3v) is 6.41.